The first-order valence-corrected chi connectivity index (χ1v) is 6.61. The third kappa shape index (κ3) is 5.62. The van der Waals surface area contributed by atoms with Crippen LogP contribution in [0.3, 0.4) is 0 Å². The first-order chi connectivity index (χ1) is 9.02. The van der Waals surface area contributed by atoms with Gasteiger partial charge in [0, 0.05) is 12.2 Å². The summed E-state index contributed by atoms with van der Waals surface area (Å²) in [6.45, 7) is 5.11. The molecule has 0 radical (unpaired) electrons. The van der Waals surface area contributed by atoms with Crippen molar-refractivity contribution in [1.29, 1.82) is 5.26 Å². The topological polar surface area (TPSA) is 64.9 Å². The third-order valence-corrected chi connectivity index (χ3v) is 2.90. The summed E-state index contributed by atoms with van der Waals surface area (Å²) >= 11 is 5.90. The molecule has 0 spiro atoms. The van der Waals surface area contributed by atoms with Gasteiger partial charge in [-0.1, -0.05) is 25.4 Å². The Hall–Kier alpha value is -1.73. The molecule has 19 heavy (non-hydrogen) atoms. The van der Waals surface area contributed by atoms with Gasteiger partial charge in [-0.15, -0.1) is 0 Å². The average molecular weight is 280 g/mol. The molecule has 102 valence electrons. The minimum atomic E-state index is -0.0545. The van der Waals surface area contributed by atoms with Gasteiger partial charge in [0.25, 0.3) is 0 Å². The molecule has 1 amide bonds. The number of carbonyl (C=O) groups is 1. The highest BCUT2D eigenvalue weighted by atomic mass is 35.5. The lowest BCUT2D eigenvalue weighted by Crippen LogP contribution is -2.31. The third-order valence-electron chi connectivity index (χ3n) is 2.59. The zero-order valence-electron chi connectivity index (χ0n) is 11.2. The summed E-state index contributed by atoms with van der Waals surface area (Å²) in [6.07, 6.45) is 0.967. The maximum absolute atomic E-state index is 11.5. The Morgan fingerprint density at radius 2 is 2.21 bits per heavy atom. The van der Waals surface area contributed by atoms with E-state index in [0.717, 1.165) is 12.1 Å². The molecule has 2 N–H and O–H groups in total. The number of nitrogens with zero attached hydrogens (tertiary/aromatic N) is 1. The van der Waals surface area contributed by atoms with E-state index < -0.39 is 0 Å². The van der Waals surface area contributed by atoms with Crippen molar-refractivity contribution in [3.63, 3.8) is 0 Å². The van der Waals surface area contributed by atoms with Crippen LogP contribution in [0.4, 0.5) is 5.69 Å². The van der Waals surface area contributed by atoms with Crippen LogP contribution in [0.5, 0.6) is 0 Å². The van der Waals surface area contributed by atoms with Gasteiger partial charge in [0.2, 0.25) is 5.91 Å². The lowest BCUT2D eigenvalue weighted by atomic mass is 10.1. The molecule has 0 heterocycles. The van der Waals surface area contributed by atoms with Crippen molar-refractivity contribution < 1.29 is 4.79 Å². The molecule has 0 saturated heterocycles. The number of carbonyl (C=O) groups excluding carboxylic acids is 1. The van der Waals surface area contributed by atoms with E-state index >= 15 is 0 Å². The van der Waals surface area contributed by atoms with Crippen molar-refractivity contribution >= 4 is 23.2 Å². The minimum absolute atomic E-state index is 0.0545. The Morgan fingerprint density at radius 3 is 2.79 bits per heavy atom. The predicted molar refractivity (Wildman–Crippen MR) is 77.1 cm³/mol. The second kappa shape index (κ2) is 7.65. The second-order valence-electron chi connectivity index (χ2n) is 4.69. The molecular formula is C14H18ClN3O. The van der Waals surface area contributed by atoms with Crippen LogP contribution in [0.2, 0.25) is 5.02 Å². The number of hydrogen-bond acceptors (Lipinski definition) is 3. The van der Waals surface area contributed by atoms with E-state index in [4.69, 9.17) is 16.9 Å². The van der Waals surface area contributed by atoms with Crippen LogP contribution >= 0.6 is 11.6 Å². The van der Waals surface area contributed by atoms with Crippen molar-refractivity contribution in [2.24, 2.45) is 5.92 Å². The standard InChI is InChI=1S/C14H18ClN3O/c1-10(2)5-6-17-14(19)9-18-12-4-3-11(8-16)13(15)7-12/h3-4,7,10,18H,5-6,9H2,1-2H3,(H,17,19). The average Bonchev–Trinajstić information content (AvgIpc) is 2.36. The normalized spacial score (nSPS) is 10.1. The summed E-state index contributed by atoms with van der Waals surface area (Å²) in [4.78, 5) is 11.5. The molecule has 1 aromatic carbocycles. The maximum atomic E-state index is 11.5. The van der Waals surface area contributed by atoms with Crippen LogP contribution in [-0.2, 0) is 4.79 Å². The number of hydrogen-bond donors (Lipinski definition) is 2. The van der Waals surface area contributed by atoms with Crippen LogP contribution in [0.1, 0.15) is 25.8 Å². The maximum Gasteiger partial charge on any atom is 0.239 e. The van der Waals surface area contributed by atoms with Gasteiger partial charge in [-0.05, 0) is 30.5 Å². The predicted octanol–water partition coefficient (Wildman–Crippen LogP) is 2.79. The van der Waals surface area contributed by atoms with E-state index in [9.17, 15) is 4.79 Å². The summed E-state index contributed by atoms with van der Waals surface area (Å²) in [6, 6.07) is 6.98. The van der Waals surface area contributed by atoms with Crippen LogP contribution in [0.15, 0.2) is 18.2 Å². The summed E-state index contributed by atoms with van der Waals surface area (Å²) in [7, 11) is 0. The van der Waals surface area contributed by atoms with Crippen molar-refractivity contribution in [2.45, 2.75) is 20.3 Å². The number of nitriles is 1. The molecule has 0 aliphatic rings. The SMILES string of the molecule is CC(C)CCNC(=O)CNc1ccc(C#N)c(Cl)c1. The van der Waals surface area contributed by atoms with E-state index in [2.05, 4.69) is 24.5 Å². The van der Waals surface area contributed by atoms with Crippen LogP contribution < -0.4 is 10.6 Å². The monoisotopic (exact) mass is 279 g/mol. The zero-order chi connectivity index (χ0) is 14.3. The Kier molecular flexibility index (Phi) is 6.17. The summed E-state index contributed by atoms with van der Waals surface area (Å²) < 4.78 is 0. The molecular weight excluding hydrogens is 262 g/mol. The van der Waals surface area contributed by atoms with Gasteiger partial charge >= 0.3 is 0 Å². The van der Waals surface area contributed by atoms with E-state index in [0.29, 0.717) is 23.0 Å². The molecule has 0 fully saturated rings. The lowest BCUT2D eigenvalue weighted by molar-refractivity contribution is -0.119. The molecule has 0 aliphatic heterocycles. The van der Waals surface area contributed by atoms with Gasteiger partial charge < -0.3 is 10.6 Å². The van der Waals surface area contributed by atoms with Crippen molar-refractivity contribution in [3.05, 3.63) is 28.8 Å². The molecule has 0 bridgehead atoms. The molecule has 0 aliphatic carbocycles. The Morgan fingerprint density at radius 1 is 1.47 bits per heavy atom. The fourth-order valence-corrected chi connectivity index (χ4v) is 1.68. The Labute approximate surface area is 118 Å². The van der Waals surface area contributed by atoms with Gasteiger partial charge in [-0.25, -0.2) is 0 Å². The summed E-state index contributed by atoms with van der Waals surface area (Å²) in [5.41, 5.74) is 1.15. The minimum Gasteiger partial charge on any atom is -0.376 e. The molecule has 0 saturated carbocycles. The van der Waals surface area contributed by atoms with Gasteiger partial charge in [-0.3, -0.25) is 4.79 Å². The van der Waals surface area contributed by atoms with E-state index in [1.165, 1.54) is 0 Å². The second-order valence-corrected chi connectivity index (χ2v) is 5.10. The first kappa shape index (κ1) is 15.3. The number of amides is 1. The first-order valence-electron chi connectivity index (χ1n) is 6.23. The van der Waals surface area contributed by atoms with Crippen molar-refractivity contribution in [1.82, 2.24) is 5.32 Å². The largest absolute Gasteiger partial charge is 0.376 e. The van der Waals surface area contributed by atoms with Gasteiger partial charge in [-0.2, -0.15) is 5.26 Å². The van der Waals surface area contributed by atoms with Gasteiger partial charge in [0.05, 0.1) is 17.1 Å². The Balaban J connectivity index is 2.38. The molecule has 0 aromatic heterocycles. The highest BCUT2D eigenvalue weighted by Gasteiger charge is 2.04. The number of halogens is 1. The van der Waals surface area contributed by atoms with Crippen molar-refractivity contribution in [2.75, 3.05) is 18.4 Å². The van der Waals surface area contributed by atoms with Crippen LogP contribution in [0, 0.1) is 17.2 Å². The number of rotatable bonds is 6. The van der Waals surface area contributed by atoms with Gasteiger partial charge in [0.15, 0.2) is 0 Å². The van der Waals surface area contributed by atoms with Crippen LogP contribution in [0.25, 0.3) is 0 Å². The number of anilines is 1. The zero-order valence-corrected chi connectivity index (χ0v) is 11.9. The van der Waals surface area contributed by atoms with E-state index in [-0.39, 0.29) is 12.5 Å². The van der Waals surface area contributed by atoms with Crippen LogP contribution in [-0.4, -0.2) is 19.0 Å². The quantitative estimate of drug-likeness (QED) is 0.841. The van der Waals surface area contributed by atoms with Gasteiger partial charge in [0.1, 0.15) is 6.07 Å². The van der Waals surface area contributed by atoms with Crippen molar-refractivity contribution in [3.8, 4) is 6.07 Å². The smallest absolute Gasteiger partial charge is 0.239 e. The highest BCUT2D eigenvalue weighted by Crippen LogP contribution is 2.19. The molecule has 5 heteroatoms. The number of benzene rings is 1. The number of nitrogens with one attached hydrogen (secondary N) is 2. The fraction of sp³-hybridized carbons (Fsp3) is 0.429. The van der Waals surface area contributed by atoms with E-state index in [1.54, 1.807) is 18.2 Å². The van der Waals surface area contributed by atoms with E-state index in [1.807, 2.05) is 6.07 Å². The summed E-state index contributed by atoms with van der Waals surface area (Å²) in [5.74, 6) is 0.520. The summed E-state index contributed by atoms with van der Waals surface area (Å²) in [5, 5.41) is 14.9. The fourth-order valence-electron chi connectivity index (χ4n) is 1.46. The molecule has 1 rings (SSSR count). The lowest BCUT2D eigenvalue weighted by Gasteiger charge is -2.09. The molecule has 0 unspecified atom stereocenters. The highest BCUT2D eigenvalue weighted by molar-refractivity contribution is 6.32. The molecule has 1 aromatic rings. The Bertz CT molecular complexity index is 480. The molecule has 0 atom stereocenters. The molecule has 4 nitrogen and oxygen atoms in total.